The van der Waals surface area contributed by atoms with Crippen molar-refractivity contribution in [1.82, 2.24) is 30.6 Å². The highest BCUT2D eigenvalue weighted by Crippen LogP contribution is 2.31. The van der Waals surface area contributed by atoms with Crippen molar-refractivity contribution in [2.24, 2.45) is 0 Å². The van der Waals surface area contributed by atoms with Gasteiger partial charge < -0.3 is 10.1 Å². The molecule has 0 saturated heterocycles. The highest BCUT2D eigenvalue weighted by Gasteiger charge is 2.16. The van der Waals surface area contributed by atoms with E-state index >= 15 is 0 Å². The second kappa shape index (κ2) is 14.1. The lowest BCUT2D eigenvalue weighted by atomic mass is 10.1. The Morgan fingerprint density at radius 2 is 1.79 bits per heavy atom. The number of rotatable bonds is 14. The maximum absolute atomic E-state index is 12.6. The third-order valence-corrected chi connectivity index (χ3v) is 7.04. The van der Waals surface area contributed by atoms with E-state index in [-0.39, 0.29) is 11.9 Å². The van der Waals surface area contributed by atoms with Gasteiger partial charge in [-0.1, -0.05) is 56.6 Å². The van der Waals surface area contributed by atoms with Crippen LogP contribution in [0, 0.1) is 0 Å². The molecule has 0 saturated carbocycles. The Balaban J connectivity index is 1.37. The van der Waals surface area contributed by atoms with Gasteiger partial charge in [-0.05, 0) is 29.8 Å². The summed E-state index contributed by atoms with van der Waals surface area (Å²) >= 11 is 1.49. The maximum Gasteiger partial charge on any atom is 0.270 e. The number of thiophene rings is 1. The maximum atomic E-state index is 12.6. The van der Waals surface area contributed by atoms with Gasteiger partial charge in [0, 0.05) is 17.4 Å². The van der Waals surface area contributed by atoms with Crippen molar-refractivity contribution in [3.8, 4) is 27.6 Å². The largest absolute Gasteiger partial charge is 0.496 e. The fourth-order valence-corrected chi connectivity index (χ4v) is 4.84. The standard InChI is InChI=1S/C27H32N8O3S/c1-3-4-5-6-7-8-9-10-25(36)29-19-14-24(39-17-19)22-16-28-15-21(30-22)18-11-12-20(23(13-18)38-2)26(37)31-27-32-34-35-33-27/h11-17H,3-10H2,1-2H3,(H,29,36)(H2,31,32,33,34,35,37). The van der Waals surface area contributed by atoms with Crippen molar-refractivity contribution in [1.29, 1.82) is 0 Å². The van der Waals surface area contributed by atoms with E-state index in [0.717, 1.165) is 29.0 Å². The van der Waals surface area contributed by atoms with Crippen LogP contribution >= 0.6 is 11.3 Å². The summed E-state index contributed by atoms with van der Waals surface area (Å²) in [5.41, 5.74) is 3.10. The second-order valence-electron chi connectivity index (χ2n) is 9.01. The molecule has 0 aliphatic carbocycles. The summed E-state index contributed by atoms with van der Waals surface area (Å²) in [5, 5.41) is 20.6. The molecular weight excluding hydrogens is 516 g/mol. The van der Waals surface area contributed by atoms with Crippen LogP contribution in [0.4, 0.5) is 11.6 Å². The van der Waals surface area contributed by atoms with Crippen molar-refractivity contribution in [2.75, 3.05) is 17.7 Å². The third-order valence-electron chi connectivity index (χ3n) is 6.09. The third kappa shape index (κ3) is 7.90. The zero-order valence-electron chi connectivity index (χ0n) is 22.1. The number of nitrogens with zero attached hydrogens (tertiary/aromatic N) is 5. The Kier molecular flexibility index (Phi) is 10.1. The number of unbranched alkanes of at least 4 members (excludes halogenated alkanes) is 6. The lowest BCUT2D eigenvalue weighted by molar-refractivity contribution is -0.116. The Labute approximate surface area is 230 Å². The summed E-state index contributed by atoms with van der Waals surface area (Å²) in [6, 6.07) is 7.04. The van der Waals surface area contributed by atoms with Crippen LogP contribution in [0.5, 0.6) is 5.75 Å². The molecule has 11 nitrogen and oxygen atoms in total. The average Bonchev–Trinajstić information content (AvgIpc) is 3.64. The first-order chi connectivity index (χ1) is 19.1. The number of tetrazole rings is 1. The topological polar surface area (TPSA) is 148 Å². The van der Waals surface area contributed by atoms with Gasteiger partial charge in [-0.3, -0.25) is 19.9 Å². The quantitative estimate of drug-likeness (QED) is 0.169. The smallest absolute Gasteiger partial charge is 0.270 e. The van der Waals surface area contributed by atoms with Gasteiger partial charge in [0.05, 0.1) is 47.0 Å². The Morgan fingerprint density at radius 1 is 1.00 bits per heavy atom. The number of carbonyl (C=O) groups excluding carboxylic acids is 2. The van der Waals surface area contributed by atoms with Crippen LogP contribution in [0.25, 0.3) is 21.8 Å². The summed E-state index contributed by atoms with van der Waals surface area (Å²) in [5.74, 6) is 0.0276. The molecule has 3 heterocycles. The van der Waals surface area contributed by atoms with E-state index in [1.165, 1.54) is 50.6 Å². The molecule has 0 unspecified atom stereocenters. The minimum Gasteiger partial charge on any atom is -0.496 e. The zero-order valence-corrected chi connectivity index (χ0v) is 22.9. The summed E-state index contributed by atoms with van der Waals surface area (Å²) in [7, 11) is 1.49. The molecule has 1 aromatic carbocycles. The number of carbonyl (C=O) groups is 2. The molecule has 3 aromatic heterocycles. The van der Waals surface area contributed by atoms with Crippen LogP contribution in [0.1, 0.15) is 68.6 Å². The van der Waals surface area contributed by atoms with Crippen LogP contribution in [0.2, 0.25) is 0 Å². The van der Waals surface area contributed by atoms with Crippen LogP contribution in [-0.4, -0.2) is 49.5 Å². The van der Waals surface area contributed by atoms with Gasteiger partial charge in [-0.2, -0.15) is 5.21 Å². The number of amides is 2. The van der Waals surface area contributed by atoms with Crippen LogP contribution < -0.4 is 15.4 Å². The molecule has 0 radical (unpaired) electrons. The SMILES string of the molecule is CCCCCCCCCC(=O)Nc1csc(-c2cncc(-c3ccc(C(=O)Nc4nn[nH]n4)c(OC)c3)n2)c1. The number of aromatic amines is 1. The number of hydrogen-bond donors (Lipinski definition) is 3. The number of ether oxygens (including phenoxy) is 1. The zero-order chi connectivity index (χ0) is 27.5. The molecule has 4 rings (SSSR count). The number of methoxy groups -OCH3 is 1. The predicted molar refractivity (Wildman–Crippen MR) is 151 cm³/mol. The van der Waals surface area contributed by atoms with E-state index in [4.69, 9.17) is 9.72 Å². The predicted octanol–water partition coefficient (Wildman–Crippen LogP) is 5.73. The normalized spacial score (nSPS) is 10.8. The number of hydrogen-bond acceptors (Lipinski definition) is 9. The molecule has 0 aliphatic heterocycles. The number of H-pyrrole nitrogens is 1. The van der Waals surface area contributed by atoms with Crippen molar-refractivity contribution < 1.29 is 14.3 Å². The summed E-state index contributed by atoms with van der Waals surface area (Å²) in [6.45, 7) is 2.21. The van der Waals surface area contributed by atoms with Crippen molar-refractivity contribution in [3.63, 3.8) is 0 Å². The van der Waals surface area contributed by atoms with Crippen molar-refractivity contribution in [3.05, 3.63) is 47.6 Å². The van der Waals surface area contributed by atoms with Gasteiger partial charge in [-0.25, -0.2) is 4.98 Å². The summed E-state index contributed by atoms with van der Waals surface area (Å²) < 4.78 is 5.45. The van der Waals surface area contributed by atoms with Gasteiger partial charge in [0.1, 0.15) is 5.75 Å². The van der Waals surface area contributed by atoms with E-state index < -0.39 is 5.91 Å². The number of aromatic nitrogens is 6. The van der Waals surface area contributed by atoms with Crippen molar-refractivity contribution in [2.45, 2.75) is 58.3 Å². The average molecular weight is 549 g/mol. The van der Waals surface area contributed by atoms with Gasteiger partial charge in [0.15, 0.2) is 0 Å². The Bertz CT molecular complexity index is 1370. The molecule has 2 amide bonds. The first-order valence-corrected chi connectivity index (χ1v) is 13.9. The summed E-state index contributed by atoms with van der Waals surface area (Å²) in [6.07, 6.45) is 12.1. The monoisotopic (exact) mass is 548 g/mol. The second-order valence-corrected chi connectivity index (χ2v) is 9.92. The van der Waals surface area contributed by atoms with E-state index in [9.17, 15) is 9.59 Å². The fraction of sp³-hybridized carbons (Fsp3) is 0.370. The fourth-order valence-electron chi connectivity index (χ4n) is 4.05. The highest BCUT2D eigenvalue weighted by atomic mass is 32.1. The van der Waals surface area contributed by atoms with Crippen molar-refractivity contribution >= 4 is 34.8 Å². The molecule has 3 N–H and O–H groups in total. The molecule has 0 atom stereocenters. The molecule has 39 heavy (non-hydrogen) atoms. The molecule has 0 bridgehead atoms. The van der Waals surface area contributed by atoms with Crippen LogP contribution in [0.15, 0.2) is 42.0 Å². The first-order valence-electron chi connectivity index (χ1n) is 13.0. The Hall–Kier alpha value is -4.19. The highest BCUT2D eigenvalue weighted by molar-refractivity contribution is 7.14. The van der Waals surface area contributed by atoms with Gasteiger partial charge >= 0.3 is 0 Å². The Morgan fingerprint density at radius 3 is 2.56 bits per heavy atom. The number of anilines is 2. The molecule has 4 aromatic rings. The molecule has 0 spiro atoms. The lowest BCUT2D eigenvalue weighted by Gasteiger charge is -2.10. The summed E-state index contributed by atoms with van der Waals surface area (Å²) in [4.78, 5) is 35.0. The minimum absolute atomic E-state index is 0.0308. The van der Waals surface area contributed by atoms with Gasteiger partial charge in [0.25, 0.3) is 11.9 Å². The molecule has 204 valence electrons. The molecule has 12 heteroatoms. The van der Waals surface area contributed by atoms with E-state index in [1.807, 2.05) is 11.4 Å². The van der Waals surface area contributed by atoms with E-state index in [1.54, 1.807) is 30.6 Å². The molecule has 0 fully saturated rings. The van der Waals surface area contributed by atoms with E-state index in [0.29, 0.717) is 29.1 Å². The van der Waals surface area contributed by atoms with Gasteiger partial charge in [-0.15, -0.1) is 16.4 Å². The van der Waals surface area contributed by atoms with Crippen LogP contribution in [0.3, 0.4) is 0 Å². The minimum atomic E-state index is -0.431. The van der Waals surface area contributed by atoms with E-state index in [2.05, 4.69) is 43.2 Å². The van der Waals surface area contributed by atoms with Gasteiger partial charge in [0.2, 0.25) is 5.91 Å². The van der Waals surface area contributed by atoms with Crippen LogP contribution in [-0.2, 0) is 4.79 Å². The first kappa shape index (κ1) is 27.8. The number of nitrogens with one attached hydrogen (secondary N) is 3. The lowest BCUT2D eigenvalue weighted by Crippen LogP contribution is -2.14. The molecular formula is C27H32N8O3S. The number of benzene rings is 1. The molecule has 0 aliphatic rings.